The number of hydrogen-bond acceptors (Lipinski definition) is 1. The lowest BCUT2D eigenvalue weighted by molar-refractivity contribution is -0.887. The average Bonchev–Trinajstić information content (AvgIpc) is 2.92. The van der Waals surface area contributed by atoms with E-state index < -0.39 is 5.82 Å². The fraction of sp³-hybridized carbons (Fsp3) is 0.500. The summed E-state index contributed by atoms with van der Waals surface area (Å²) in [4.78, 5) is 1.69. The zero-order chi connectivity index (χ0) is 14.4. The molecular formula is C14H20ClFN3S+. The molecule has 0 amide bonds. The van der Waals surface area contributed by atoms with Gasteiger partial charge in [-0.1, -0.05) is 11.6 Å². The Bertz CT molecular complexity index is 464. The van der Waals surface area contributed by atoms with Crippen molar-refractivity contribution in [2.24, 2.45) is 0 Å². The topological polar surface area (TPSA) is 28.5 Å². The van der Waals surface area contributed by atoms with Crippen LogP contribution in [0.4, 0.5) is 10.1 Å². The second kappa shape index (κ2) is 7.76. The molecule has 6 heteroatoms. The summed E-state index contributed by atoms with van der Waals surface area (Å²) in [5.41, 5.74) is 0.694. The van der Waals surface area contributed by atoms with Crippen LogP contribution in [0.1, 0.15) is 19.3 Å². The molecule has 1 aliphatic rings. The van der Waals surface area contributed by atoms with Gasteiger partial charge in [0.1, 0.15) is 5.82 Å². The zero-order valence-corrected chi connectivity index (χ0v) is 12.9. The summed E-state index contributed by atoms with van der Waals surface area (Å²) in [5.74, 6) is -0.426. The van der Waals surface area contributed by atoms with Crippen molar-refractivity contribution < 1.29 is 9.29 Å². The molecule has 1 aliphatic heterocycles. The van der Waals surface area contributed by atoms with Crippen molar-refractivity contribution in [3.05, 3.63) is 29.0 Å². The van der Waals surface area contributed by atoms with E-state index in [0.717, 1.165) is 13.0 Å². The summed E-state index contributed by atoms with van der Waals surface area (Å²) >= 11 is 10.9. The quantitative estimate of drug-likeness (QED) is 0.572. The molecule has 1 saturated heterocycles. The van der Waals surface area contributed by atoms with Gasteiger partial charge in [0.25, 0.3) is 0 Å². The van der Waals surface area contributed by atoms with Crippen LogP contribution in [0.3, 0.4) is 0 Å². The molecule has 1 aromatic rings. The van der Waals surface area contributed by atoms with Crippen LogP contribution in [0.5, 0.6) is 0 Å². The van der Waals surface area contributed by atoms with Crippen molar-refractivity contribution in [3.63, 3.8) is 0 Å². The predicted molar refractivity (Wildman–Crippen MR) is 85.0 cm³/mol. The molecule has 3 nitrogen and oxygen atoms in total. The smallest absolute Gasteiger partial charge is 0.170 e. The molecular weight excluding hydrogens is 297 g/mol. The van der Waals surface area contributed by atoms with Gasteiger partial charge in [0.15, 0.2) is 5.11 Å². The number of rotatable bonds is 5. The highest BCUT2D eigenvalue weighted by molar-refractivity contribution is 7.80. The number of hydrogen-bond donors (Lipinski definition) is 3. The normalized spacial score (nSPS) is 15.3. The number of halogens is 2. The molecule has 1 aromatic carbocycles. The van der Waals surface area contributed by atoms with Gasteiger partial charge in [0, 0.05) is 31.5 Å². The largest absolute Gasteiger partial charge is 0.362 e. The maximum absolute atomic E-state index is 13.0. The highest BCUT2D eigenvalue weighted by Gasteiger charge is 2.13. The fourth-order valence-corrected chi connectivity index (χ4v) is 2.81. The summed E-state index contributed by atoms with van der Waals surface area (Å²) in [6, 6.07) is 4.47. The minimum absolute atomic E-state index is 0.0930. The van der Waals surface area contributed by atoms with Crippen LogP contribution in [0.15, 0.2) is 18.2 Å². The Morgan fingerprint density at radius 2 is 2.10 bits per heavy atom. The molecule has 1 fully saturated rings. The molecule has 0 spiro atoms. The standard InChI is InChI=1S/C14H19ClFN3S/c15-12-10-11(4-5-13(12)16)18-14(20)17-6-3-9-19-7-1-2-8-19/h4-5,10H,1-3,6-9H2,(H2,17,18,20)/p+1. The second-order valence-corrected chi connectivity index (χ2v) is 5.89. The third-order valence-corrected chi connectivity index (χ3v) is 4.02. The maximum Gasteiger partial charge on any atom is 0.170 e. The van der Waals surface area contributed by atoms with Crippen LogP contribution in [-0.2, 0) is 0 Å². The lowest BCUT2D eigenvalue weighted by Crippen LogP contribution is -3.10. The number of benzene rings is 1. The SMILES string of the molecule is Fc1ccc(NC(=S)NCCC[NH+]2CCCC2)cc1Cl. The first kappa shape index (κ1) is 15.5. The van der Waals surface area contributed by atoms with E-state index in [9.17, 15) is 4.39 Å². The van der Waals surface area contributed by atoms with Gasteiger partial charge in [-0.3, -0.25) is 0 Å². The van der Waals surface area contributed by atoms with Crippen molar-refractivity contribution >= 4 is 34.6 Å². The molecule has 0 aliphatic carbocycles. The van der Waals surface area contributed by atoms with Crippen LogP contribution < -0.4 is 15.5 Å². The van der Waals surface area contributed by atoms with E-state index in [2.05, 4.69) is 10.6 Å². The third-order valence-electron chi connectivity index (χ3n) is 3.48. The van der Waals surface area contributed by atoms with E-state index in [4.69, 9.17) is 23.8 Å². The minimum Gasteiger partial charge on any atom is -0.362 e. The van der Waals surface area contributed by atoms with Gasteiger partial charge in [0.2, 0.25) is 0 Å². The third kappa shape index (κ3) is 4.89. The maximum atomic E-state index is 13.0. The predicted octanol–water partition coefficient (Wildman–Crippen LogP) is 1.83. The van der Waals surface area contributed by atoms with E-state index in [-0.39, 0.29) is 5.02 Å². The molecule has 1 heterocycles. The summed E-state index contributed by atoms with van der Waals surface area (Å²) in [5, 5.41) is 6.80. The fourth-order valence-electron chi connectivity index (χ4n) is 2.41. The number of likely N-dealkylation sites (tertiary alicyclic amines) is 1. The number of quaternary nitrogens is 1. The number of anilines is 1. The summed E-state index contributed by atoms with van der Waals surface area (Å²) in [6.07, 6.45) is 3.81. The Labute approximate surface area is 129 Å². The molecule has 0 aromatic heterocycles. The second-order valence-electron chi connectivity index (χ2n) is 5.07. The van der Waals surface area contributed by atoms with Gasteiger partial charge in [-0.2, -0.15) is 0 Å². The molecule has 110 valence electrons. The van der Waals surface area contributed by atoms with E-state index in [1.165, 1.54) is 44.6 Å². The van der Waals surface area contributed by atoms with E-state index in [1.54, 1.807) is 11.0 Å². The molecule has 0 radical (unpaired) electrons. The molecule has 20 heavy (non-hydrogen) atoms. The lowest BCUT2D eigenvalue weighted by Gasteiger charge is -2.13. The lowest BCUT2D eigenvalue weighted by atomic mass is 10.3. The summed E-state index contributed by atoms with van der Waals surface area (Å²) in [7, 11) is 0. The van der Waals surface area contributed by atoms with Crippen molar-refractivity contribution in [1.82, 2.24) is 5.32 Å². The number of nitrogens with one attached hydrogen (secondary N) is 3. The molecule has 0 saturated carbocycles. The number of thiocarbonyl (C=S) groups is 1. The molecule has 0 unspecified atom stereocenters. The van der Waals surface area contributed by atoms with Gasteiger partial charge >= 0.3 is 0 Å². The van der Waals surface area contributed by atoms with Crippen molar-refractivity contribution in [1.29, 1.82) is 0 Å². The monoisotopic (exact) mass is 316 g/mol. The van der Waals surface area contributed by atoms with Crippen LogP contribution in [0.25, 0.3) is 0 Å². The first-order valence-electron chi connectivity index (χ1n) is 6.98. The Morgan fingerprint density at radius 3 is 2.80 bits per heavy atom. The highest BCUT2D eigenvalue weighted by Crippen LogP contribution is 2.19. The van der Waals surface area contributed by atoms with Crippen molar-refractivity contribution in [3.8, 4) is 0 Å². The molecule has 3 N–H and O–H groups in total. The van der Waals surface area contributed by atoms with Gasteiger partial charge in [0.05, 0.1) is 24.7 Å². The van der Waals surface area contributed by atoms with Gasteiger partial charge < -0.3 is 15.5 Å². The van der Waals surface area contributed by atoms with Crippen LogP contribution in [0.2, 0.25) is 5.02 Å². The Hall–Kier alpha value is -0.910. The van der Waals surface area contributed by atoms with Gasteiger partial charge in [-0.05, 0) is 30.4 Å². The molecule has 2 rings (SSSR count). The van der Waals surface area contributed by atoms with Crippen LogP contribution >= 0.6 is 23.8 Å². The average molecular weight is 317 g/mol. The molecule has 0 atom stereocenters. The van der Waals surface area contributed by atoms with E-state index in [1.807, 2.05) is 0 Å². The first-order valence-corrected chi connectivity index (χ1v) is 7.77. The minimum atomic E-state index is -0.426. The summed E-state index contributed by atoms with van der Waals surface area (Å²) in [6.45, 7) is 4.65. The van der Waals surface area contributed by atoms with Gasteiger partial charge in [-0.25, -0.2) is 4.39 Å². The Balaban J connectivity index is 1.65. The van der Waals surface area contributed by atoms with Crippen molar-refractivity contribution in [2.45, 2.75) is 19.3 Å². The van der Waals surface area contributed by atoms with Crippen molar-refractivity contribution in [2.75, 3.05) is 31.5 Å². The molecule has 0 bridgehead atoms. The van der Waals surface area contributed by atoms with Crippen LogP contribution in [0, 0.1) is 5.82 Å². The summed E-state index contributed by atoms with van der Waals surface area (Å²) < 4.78 is 13.0. The van der Waals surface area contributed by atoms with Gasteiger partial charge in [-0.15, -0.1) is 0 Å². The van der Waals surface area contributed by atoms with E-state index in [0.29, 0.717) is 10.8 Å². The highest BCUT2D eigenvalue weighted by atomic mass is 35.5. The first-order chi connectivity index (χ1) is 9.65. The van der Waals surface area contributed by atoms with Crippen LogP contribution in [-0.4, -0.2) is 31.3 Å². The Morgan fingerprint density at radius 1 is 1.35 bits per heavy atom. The Kier molecular flexibility index (Phi) is 6.01. The van der Waals surface area contributed by atoms with E-state index >= 15 is 0 Å². The zero-order valence-electron chi connectivity index (χ0n) is 11.3.